The molecule has 6 heteroatoms. The molecule has 1 aromatic carbocycles. The number of carbonyl (C=O) groups excluding carboxylic acids is 1. The zero-order valence-electron chi connectivity index (χ0n) is 15.1. The number of nitrogens with one attached hydrogen (secondary N) is 1. The van der Waals surface area contributed by atoms with Crippen LogP contribution in [0.4, 0.5) is 4.39 Å². The van der Waals surface area contributed by atoms with Crippen molar-refractivity contribution in [1.29, 1.82) is 0 Å². The molecule has 1 N–H and O–H groups in total. The molecule has 1 amide bonds. The standard InChI is InChI=1S/C20H27FN2O2S/c21-17-3-1-16(2-4-17)20(5-6-20)18(24)22-15-19(7-11-25-12-8-19)23-9-13-26-14-10-23/h1-4H,5-15H2,(H,22,24). The molecular formula is C20H27FN2O2S. The summed E-state index contributed by atoms with van der Waals surface area (Å²) in [5.74, 6) is 2.17. The molecule has 4 nitrogen and oxygen atoms in total. The van der Waals surface area contributed by atoms with Gasteiger partial charge < -0.3 is 10.1 Å². The minimum atomic E-state index is -0.447. The SMILES string of the molecule is O=C(NCC1(N2CCSCC2)CCOCC1)C1(c2ccc(F)cc2)CC1. The lowest BCUT2D eigenvalue weighted by atomic mass is 9.86. The van der Waals surface area contributed by atoms with E-state index in [-0.39, 0.29) is 17.3 Å². The normalized spacial score (nSPS) is 24.8. The number of hydrogen-bond donors (Lipinski definition) is 1. The molecule has 3 fully saturated rings. The van der Waals surface area contributed by atoms with Crippen molar-refractivity contribution >= 4 is 17.7 Å². The highest BCUT2D eigenvalue weighted by Crippen LogP contribution is 2.48. The maximum absolute atomic E-state index is 13.2. The predicted molar refractivity (Wildman–Crippen MR) is 102 cm³/mol. The van der Waals surface area contributed by atoms with E-state index in [2.05, 4.69) is 10.2 Å². The van der Waals surface area contributed by atoms with Gasteiger partial charge in [-0.1, -0.05) is 12.1 Å². The average molecular weight is 379 g/mol. The van der Waals surface area contributed by atoms with Gasteiger partial charge in [0.25, 0.3) is 0 Å². The largest absolute Gasteiger partial charge is 0.381 e. The summed E-state index contributed by atoms with van der Waals surface area (Å²) in [6, 6.07) is 6.42. The van der Waals surface area contributed by atoms with Crippen LogP contribution in [0.15, 0.2) is 24.3 Å². The van der Waals surface area contributed by atoms with Crippen molar-refractivity contribution < 1.29 is 13.9 Å². The number of amides is 1. The van der Waals surface area contributed by atoms with E-state index in [1.807, 2.05) is 11.8 Å². The summed E-state index contributed by atoms with van der Waals surface area (Å²) in [4.78, 5) is 15.6. The van der Waals surface area contributed by atoms with Gasteiger partial charge in [0.05, 0.1) is 5.41 Å². The average Bonchev–Trinajstić information content (AvgIpc) is 3.50. The van der Waals surface area contributed by atoms with Crippen molar-refractivity contribution in [2.24, 2.45) is 0 Å². The first kappa shape index (κ1) is 18.3. The number of ether oxygens (including phenoxy) is 1. The van der Waals surface area contributed by atoms with E-state index < -0.39 is 5.41 Å². The van der Waals surface area contributed by atoms with Crippen molar-refractivity contribution in [3.63, 3.8) is 0 Å². The van der Waals surface area contributed by atoms with Gasteiger partial charge in [-0.2, -0.15) is 11.8 Å². The van der Waals surface area contributed by atoms with Crippen molar-refractivity contribution in [2.45, 2.75) is 36.6 Å². The Labute approximate surface area is 158 Å². The highest BCUT2D eigenvalue weighted by Gasteiger charge is 2.52. The quantitative estimate of drug-likeness (QED) is 0.855. The Morgan fingerprint density at radius 3 is 2.38 bits per heavy atom. The fourth-order valence-corrected chi connectivity index (χ4v) is 5.25. The van der Waals surface area contributed by atoms with Gasteiger partial charge in [0.2, 0.25) is 5.91 Å². The van der Waals surface area contributed by atoms with E-state index in [1.165, 1.54) is 12.1 Å². The fourth-order valence-electron chi connectivity index (χ4n) is 4.35. The van der Waals surface area contributed by atoms with Crippen molar-refractivity contribution in [2.75, 3.05) is 44.4 Å². The molecule has 0 radical (unpaired) electrons. The molecule has 1 saturated carbocycles. The lowest BCUT2D eigenvalue weighted by molar-refractivity contribution is -0.125. The number of rotatable bonds is 5. The van der Waals surface area contributed by atoms with Gasteiger partial charge in [-0.3, -0.25) is 9.69 Å². The van der Waals surface area contributed by atoms with E-state index >= 15 is 0 Å². The Morgan fingerprint density at radius 2 is 1.77 bits per heavy atom. The van der Waals surface area contributed by atoms with Gasteiger partial charge in [-0.05, 0) is 43.4 Å². The van der Waals surface area contributed by atoms with Gasteiger partial charge in [-0.25, -0.2) is 4.39 Å². The Hall–Kier alpha value is -1.11. The molecule has 2 aliphatic heterocycles. The van der Waals surface area contributed by atoms with Crippen LogP contribution < -0.4 is 5.32 Å². The van der Waals surface area contributed by atoms with Crippen LogP contribution in [0.1, 0.15) is 31.2 Å². The number of halogens is 1. The lowest BCUT2D eigenvalue weighted by Gasteiger charge is -2.48. The Morgan fingerprint density at radius 1 is 1.12 bits per heavy atom. The van der Waals surface area contributed by atoms with Crippen LogP contribution in [-0.2, 0) is 14.9 Å². The third-order valence-electron chi connectivity index (χ3n) is 6.26. The molecule has 1 aliphatic carbocycles. The summed E-state index contributed by atoms with van der Waals surface area (Å²) in [7, 11) is 0. The highest BCUT2D eigenvalue weighted by atomic mass is 32.2. The monoisotopic (exact) mass is 378 g/mol. The third kappa shape index (κ3) is 3.51. The minimum absolute atomic E-state index is 0.0216. The van der Waals surface area contributed by atoms with E-state index in [0.29, 0.717) is 6.54 Å². The molecule has 2 saturated heterocycles. The number of carbonyl (C=O) groups is 1. The van der Waals surface area contributed by atoms with Crippen LogP contribution in [0.25, 0.3) is 0 Å². The molecular weight excluding hydrogens is 351 g/mol. The summed E-state index contributed by atoms with van der Waals surface area (Å²) < 4.78 is 18.8. The molecule has 0 atom stereocenters. The van der Waals surface area contributed by atoms with E-state index in [0.717, 1.165) is 69.1 Å². The zero-order valence-corrected chi connectivity index (χ0v) is 16.0. The first-order valence-electron chi connectivity index (χ1n) is 9.60. The molecule has 0 spiro atoms. The van der Waals surface area contributed by atoms with E-state index in [4.69, 9.17) is 4.74 Å². The maximum atomic E-state index is 13.2. The molecule has 0 unspecified atom stereocenters. The zero-order chi connectivity index (χ0) is 18.0. The van der Waals surface area contributed by atoms with Crippen LogP contribution in [0.2, 0.25) is 0 Å². The predicted octanol–water partition coefficient (Wildman–Crippen LogP) is 2.57. The molecule has 2 heterocycles. The summed E-state index contributed by atoms with van der Waals surface area (Å²) in [6.07, 6.45) is 3.64. The maximum Gasteiger partial charge on any atom is 0.230 e. The van der Waals surface area contributed by atoms with Gasteiger partial charge in [-0.15, -0.1) is 0 Å². The number of hydrogen-bond acceptors (Lipinski definition) is 4. The van der Waals surface area contributed by atoms with Crippen molar-refractivity contribution in [3.05, 3.63) is 35.6 Å². The van der Waals surface area contributed by atoms with Crippen LogP contribution in [-0.4, -0.2) is 60.7 Å². The van der Waals surface area contributed by atoms with E-state index in [1.54, 1.807) is 12.1 Å². The van der Waals surface area contributed by atoms with Crippen LogP contribution in [0.5, 0.6) is 0 Å². The smallest absolute Gasteiger partial charge is 0.230 e. The summed E-state index contributed by atoms with van der Waals surface area (Å²) in [5.41, 5.74) is 0.512. The van der Waals surface area contributed by atoms with E-state index in [9.17, 15) is 9.18 Å². The molecule has 142 valence electrons. The van der Waals surface area contributed by atoms with Gasteiger partial charge in [0, 0.05) is 49.9 Å². The third-order valence-corrected chi connectivity index (χ3v) is 7.21. The topological polar surface area (TPSA) is 41.6 Å². The van der Waals surface area contributed by atoms with Crippen LogP contribution >= 0.6 is 11.8 Å². The lowest BCUT2D eigenvalue weighted by Crippen LogP contribution is -2.61. The van der Waals surface area contributed by atoms with Crippen LogP contribution in [0.3, 0.4) is 0 Å². The Kier molecular flexibility index (Phi) is 5.26. The van der Waals surface area contributed by atoms with Crippen molar-refractivity contribution in [1.82, 2.24) is 10.2 Å². The number of thioether (sulfide) groups is 1. The van der Waals surface area contributed by atoms with Gasteiger partial charge in [0.1, 0.15) is 5.82 Å². The molecule has 0 bridgehead atoms. The Balaban J connectivity index is 1.45. The molecule has 0 aromatic heterocycles. The Bertz CT molecular complexity index is 636. The molecule has 3 aliphatic rings. The molecule has 4 rings (SSSR count). The summed E-state index contributed by atoms with van der Waals surface area (Å²) in [5, 5.41) is 3.27. The summed E-state index contributed by atoms with van der Waals surface area (Å²) >= 11 is 2.01. The van der Waals surface area contributed by atoms with Gasteiger partial charge >= 0.3 is 0 Å². The second-order valence-electron chi connectivity index (χ2n) is 7.71. The van der Waals surface area contributed by atoms with Crippen LogP contribution in [0, 0.1) is 5.82 Å². The number of benzene rings is 1. The first-order chi connectivity index (χ1) is 12.6. The highest BCUT2D eigenvalue weighted by molar-refractivity contribution is 7.99. The minimum Gasteiger partial charge on any atom is -0.381 e. The second-order valence-corrected chi connectivity index (χ2v) is 8.93. The van der Waals surface area contributed by atoms with Gasteiger partial charge in [0.15, 0.2) is 0 Å². The second kappa shape index (κ2) is 7.49. The van der Waals surface area contributed by atoms with Crippen molar-refractivity contribution in [3.8, 4) is 0 Å². The fraction of sp³-hybridized carbons (Fsp3) is 0.650. The summed E-state index contributed by atoms with van der Waals surface area (Å²) in [6.45, 7) is 4.39. The molecule has 26 heavy (non-hydrogen) atoms. The number of nitrogens with zero attached hydrogens (tertiary/aromatic N) is 1. The molecule has 1 aromatic rings. The first-order valence-corrected chi connectivity index (χ1v) is 10.8.